The van der Waals surface area contributed by atoms with Gasteiger partial charge >= 0.3 is 0 Å². The quantitative estimate of drug-likeness (QED) is 0.867. The summed E-state index contributed by atoms with van der Waals surface area (Å²) in [4.78, 5) is 29.1. The fourth-order valence-corrected chi connectivity index (χ4v) is 1.92. The largest absolute Gasteiger partial charge is 0.484 e. The molecule has 1 atom stereocenters. The van der Waals surface area contributed by atoms with Gasteiger partial charge in [-0.25, -0.2) is 9.37 Å². The highest BCUT2D eigenvalue weighted by atomic mass is 19.1. The van der Waals surface area contributed by atoms with Crippen molar-refractivity contribution in [1.29, 1.82) is 0 Å². The molecule has 8 heteroatoms. The zero-order chi connectivity index (χ0) is 17.7. The third-order valence-electron chi connectivity index (χ3n) is 3.46. The second-order valence-corrected chi connectivity index (χ2v) is 5.08. The van der Waals surface area contributed by atoms with E-state index in [4.69, 9.17) is 9.15 Å². The first kappa shape index (κ1) is 17.5. The topological polar surface area (TPSA) is 84.7 Å². The standard InChI is InChI=1S/C16H18FN3O4/c1-10(15(21)18-2)20(3)16(22)13-8-24-14(19-13)9-23-12-6-4-5-11(17)7-12/h4-8,10H,9H2,1-3H3,(H,18,21)/t10-/m0/s1. The average Bonchev–Trinajstić information content (AvgIpc) is 3.06. The van der Waals surface area contributed by atoms with E-state index in [1.165, 1.54) is 43.5 Å². The fraction of sp³-hybridized carbons (Fsp3) is 0.312. The third-order valence-corrected chi connectivity index (χ3v) is 3.46. The molecule has 1 N–H and O–H groups in total. The summed E-state index contributed by atoms with van der Waals surface area (Å²) in [5.41, 5.74) is 0.0612. The number of benzene rings is 1. The summed E-state index contributed by atoms with van der Waals surface area (Å²) in [6.45, 7) is 1.55. The summed E-state index contributed by atoms with van der Waals surface area (Å²) >= 11 is 0. The maximum absolute atomic E-state index is 13.1. The summed E-state index contributed by atoms with van der Waals surface area (Å²) in [6, 6.07) is 5.00. The number of hydrogen-bond acceptors (Lipinski definition) is 5. The van der Waals surface area contributed by atoms with E-state index in [0.717, 1.165) is 0 Å². The minimum absolute atomic E-state index is 0.0502. The van der Waals surface area contributed by atoms with Crippen LogP contribution in [0.2, 0.25) is 0 Å². The van der Waals surface area contributed by atoms with Crippen molar-refractivity contribution in [2.75, 3.05) is 14.1 Å². The molecule has 0 saturated carbocycles. The Morgan fingerprint density at radius 1 is 1.46 bits per heavy atom. The zero-order valence-electron chi connectivity index (χ0n) is 13.6. The smallest absolute Gasteiger partial charge is 0.276 e. The molecule has 2 amide bonds. The van der Waals surface area contributed by atoms with E-state index in [-0.39, 0.29) is 24.1 Å². The summed E-state index contributed by atoms with van der Waals surface area (Å²) in [5, 5.41) is 2.47. The molecule has 1 heterocycles. The SMILES string of the molecule is CNC(=O)[C@H](C)N(C)C(=O)c1coc(COc2cccc(F)c2)n1. The third kappa shape index (κ3) is 4.09. The van der Waals surface area contributed by atoms with Crippen molar-refractivity contribution >= 4 is 11.8 Å². The average molecular weight is 335 g/mol. The molecule has 1 aromatic heterocycles. The van der Waals surface area contributed by atoms with Gasteiger partial charge < -0.3 is 19.4 Å². The number of hydrogen-bond donors (Lipinski definition) is 1. The Hall–Kier alpha value is -2.90. The molecule has 2 rings (SSSR count). The van der Waals surface area contributed by atoms with Crippen LogP contribution in [0.5, 0.6) is 5.75 Å². The Morgan fingerprint density at radius 3 is 2.88 bits per heavy atom. The van der Waals surface area contributed by atoms with E-state index >= 15 is 0 Å². The molecular formula is C16H18FN3O4. The van der Waals surface area contributed by atoms with Crippen LogP contribution in [0, 0.1) is 5.82 Å². The van der Waals surface area contributed by atoms with Crippen LogP contribution in [-0.2, 0) is 11.4 Å². The fourth-order valence-electron chi connectivity index (χ4n) is 1.92. The van der Waals surface area contributed by atoms with Crippen LogP contribution < -0.4 is 10.1 Å². The Morgan fingerprint density at radius 2 is 2.21 bits per heavy atom. The van der Waals surface area contributed by atoms with Crippen molar-refractivity contribution in [2.24, 2.45) is 0 Å². The van der Waals surface area contributed by atoms with Crippen molar-refractivity contribution in [2.45, 2.75) is 19.6 Å². The number of nitrogens with zero attached hydrogens (tertiary/aromatic N) is 2. The van der Waals surface area contributed by atoms with E-state index in [1.807, 2.05) is 0 Å². The van der Waals surface area contributed by atoms with E-state index < -0.39 is 17.8 Å². The number of halogens is 1. The lowest BCUT2D eigenvalue weighted by Gasteiger charge is -2.22. The number of ether oxygens (including phenoxy) is 1. The molecule has 1 aromatic carbocycles. The summed E-state index contributed by atoms with van der Waals surface area (Å²) in [5.74, 6) is -0.661. The van der Waals surface area contributed by atoms with Gasteiger partial charge in [0, 0.05) is 20.2 Å². The number of amides is 2. The Labute approximate surface area is 138 Å². The predicted octanol–water partition coefficient (Wildman–Crippen LogP) is 1.60. The number of likely N-dealkylation sites (N-methyl/N-ethyl adjacent to an activating group) is 2. The van der Waals surface area contributed by atoms with E-state index in [1.54, 1.807) is 13.0 Å². The molecule has 0 fully saturated rings. The summed E-state index contributed by atoms with van der Waals surface area (Å²) < 4.78 is 23.6. The molecular weight excluding hydrogens is 317 g/mol. The highest BCUT2D eigenvalue weighted by Crippen LogP contribution is 2.14. The van der Waals surface area contributed by atoms with Crippen LogP contribution in [0.1, 0.15) is 23.3 Å². The monoisotopic (exact) mass is 335 g/mol. The van der Waals surface area contributed by atoms with Gasteiger partial charge in [-0.15, -0.1) is 0 Å². The molecule has 0 bridgehead atoms. The zero-order valence-corrected chi connectivity index (χ0v) is 13.6. The van der Waals surface area contributed by atoms with Crippen LogP contribution >= 0.6 is 0 Å². The lowest BCUT2D eigenvalue weighted by Crippen LogP contribution is -2.44. The molecule has 0 saturated heterocycles. The van der Waals surface area contributed by atoms with Gasteiger partial charge in [-0.05, 0) is 19.1 Å². The summed E-state index contributed by atoms with van der Waals surface area (Å²) in [6.07, 6.45) is 1.19. The van der Waals surface area contributed by atoms with Crippen LogP contribution in [-0.4, -0.2) is 41.8 Å². The number of aromatic nitrogens is 1. The van der Waals surface area contributed by atoms with Crippen molar-refractivity contribution in [3.8, 4) is 5.75 Å². The highest BCUT2D eigenvalue weighted by molar-refractivity contribution is 5.95. The lowest BCUT2D eigenvalue weighted by atomic mass is 10.2. The molecule has 24 heavy (non-hydrogen) atoms. The lowest BCUT2D eigenvalue weighted by molar-refractivity contribution is -0.124. The van der Waals surface area contributed by atoms with Crippen LogP contribution in [0.15, 0.2) is 34.9 Å². The van der Waals surface area contributed by atoms with Gasteiger partial charge in [0.15, 0.2) is 12.3 Å². The van der Waals surface area contributed by atoms with Crippen molar-refractivity contribution in [3.05, 3.63) is 47.9 Å². The maximum atomic E-state index is 13.1. The van der Waals surface area contributed by atoms with Crippen LogP contribution in [0.3, 0.4) is 0 Å². The second kappa shape index (κ2) is 7.58. The minimum atomic E-state index is -0.647. The van der Waals surface area contributed by atoms with E-state index in [9.17, 15) is 14.0 Å². The Bertz CT molecular complexity index is 732. The molecule has 0 radical (unpaired) electrons. The Kier molecular flexibility index (Phi) is 5.51. The van der Waals surface area contributed by atoms with Gasteiger partial charge in [0.2, 0.25) is 11.8 Å². The molecule has 0 unspecified atom stereocenters. The molecule has 0 aliphatic carbocycles. The van der Waals surface area contributed by atoms with Crippen molar-refractivity contribution < 1.29 is 23.1 Å². The maximum Gasteiger partial charge on any atom is 0.276 e. The molecule has 0 aliphatic heterocycles. The van der Waals surface area contributed by atoms with Crippen LogP contribution in [0.25, 0.3) is 0 Å². The number of nitrogens with one attached hydrogen (secondary N) is 1. The molecule has 0 aliphatic rings. The summed E-state index contributed by atoms with van der Waals surface area (Å²) in [7, 11) is 2.99. The van der Waals surface area contributed by atoms with Gasteiger partial charge in [-0.2, -0.15) is 0 Å². The van der Waals surface area contributed by atoms with E-state index in [0.29, 0.717) is 5.75 Å². The van der Waals surface area contributed by atoms with Crippen molar-refractivity contribution in [1.82, 2.24) is 15.2 Å². The number of oxazole rings is 1. The predicted molar refractivity (Wildman–Crippen MR) is 82.9 cm³/mol. The van der Waals surface area contributed by atoms with Gasteiger partial charge in [0.25, 0.3) is 5.91 Å². The highest BCUT2D eigenvalue weighted by Gasteiger charge is 2.24. The molecule has 128 valence electrons. The first-order valence-electron chi connectivity index (χ1n) is 7.24. The molecule has 2 aromatic rings. The normalized spacial score (nSPS) is 11.7. The number of rotatable bonds is 6. The van der Waals surface area contributed by atoms with Gasteiger partial charge in [0.05, 0.1) is 0 Å². The van der Waals surface area contributed by atoms with Crippen LogP contribution in [0.4, 0.5) is 4.39 Å². The number of carbonyl (C=O) groups is 2. The number of carbonyl (C=O) groups excluding carboxylic acids is 2. The first-order valence-corrected chi connectivity index (χ1v) is 7.24. The van der Waals surface area contributed by atoms with E-state index in [2.05, 4.69) is 10.3 Å². The van der Waals surface area contributed by atoms with Gasteiger partial charge in [-0.3, -0.25) is 9.59 Å². The first-order chi connectivity index (χ1) is 11.4. The molecule has 0 spiro atoms. The van der Waals surface area contributed by atoms with Crippen molar-refractivity contribution in [3.63, 3.8) is 0 Å². The van der Waals surface area contributed by atoms with Gasteiger partial charge in [-0.1, -0.05) is 6.07 Å². The molecule has 7 nitrogen and oxygen atoms in total. The Balaban J connectivity index is 1.99. The minimum Gasteiger partial charge on any atom is -0.484 e. The second-order valence-electron chi connectivity index (χ2n) is 5.08. The van der Waals surface area contributed by atoms with Gasteiger partial charge in [0.1, 0.15) is 23.9 Å².